The summed E-state index contributed by atoms with van der Waals surface area (Å²) in [5.41, 5.74) is 1.55. The van der Waals surface area contributed by atoms with Gasteiger partial charge in [-0.3, -0.25) is 9.59 Å². The molecular weight excluding hydrogens is 386 g/mol. The van der Waals surface area contributed by atoms with Gasteiger partial charge in [0.2, 0.25) is 5.91 Å². The molecule has 2 N–H and O–H groups in total. The summed E-state index contributed by atoms with van der Waals surface area (Å²) >= 11 is 5.42. The van der Waals surface area contributed by atoms with Crippen LogP contribution in [0.15, 0.2) is 24.3 Å². The molecule has 0 unspecified atom stereocenters. The molecule has 2 aromatic rings. The molecule has 1 aliphatic carbocycles. The molecule has 1 aromatic carbocycles. The SMILES string of the molecule is Cc1ccccc1C(=O)NCc1nn(CC(=O)N[C@H]2CCCC[C@H]2C)c(=S)n1C. The summed E-state index contributed by atoms with van der Waals surface area (Å²) in [7, 11) is 1.79. The minimum Gasteiger partial charge on any atom is -0.351 e. The third-order valence-electron chi connectivity index (χ3n) is 5.68. The lowest BCUT2D eigenvalue weighted by Crippen LogP contribution is -2.42. The van der Waals surface area contributed by atoms with E-state index in [0.717, 1.165) is 24.8 Å². The highest BCUT2D eigenvalue weighted by Crippen LogP contribution is 2.23. The van der Waals surface area contributed by atoms with Crippen molar-refractivity contribution in [2.24, 2.45) is 13.0 Å². The lowest BCUT2D eigenvalue weighted by Gasteiger charge is -2.29. The molecule has 1 fully saturated rings. The third-order valence-corrected chi connectivity index (χ3v) is 6.16. The molecule has 3 rings (SSSR count). The lowest BCUT2D eigenvalue weighted by atomic mass is 9.86. The second-order valence-corrected chi connectivity index (χ2v) is 8.21. The minimum atomic E-state index is -0.160. The van der Waals surface area contributed by atoms with Crippen molar-refractivity contribution in [2.75, 3.05) is 0 Å². The lowest BCUT2D eigenvalue weighted by molar-refractivity contribution is -0.123. The number of carbonyl (C=O) groups excluding carboxylic acids is 2. The van der Waals surface area contributed by atoms with Gasteiger partial charge in [0, 0.05) is 18.7 Å². The molecular formula is C21H29N5O2S. The van der Waals surface area contributed by atoms with Crippen molar-refractivity contribution in [1.82, 2.24) is 25.0 Å². The van der Waals surface area contributed by atoms with Crippen LogP contribution in [-0.2, 0) is 24.9 Å². The highest BCUT2D eigenvalue weighted by Gasteiger charge is 2.23. The van der Waals surface area contributed by atoms with Crippen LogP contribution in [0.3, 0.4) is 0 Å². The van der Waals surface area contributed by atoms with Crippen molar-refractivity contribution in [2.45, 2.75) is 58.7 Å². The Morgan fingerprint density at radius 2 is 1.97 bits per heavy atom. The van der Waals surface area contributed by atoms with Gasteiger partial charge in [-0.05, 0) is 49.5 Å². The molecule has 1 heterocycles. The van der Waals surface area contributed by atoms with Crippen LogP contribution >= 0.6 is 12.2 Å². The molecule has 29 heavy (non-hydrogen) atoms. The number of hydrogen-bond donors (Lipinski definition) is 2. The number of nitrogens with one attached hydrogen (secondary N) is 2. The third kappa shape index (κ3) is 5.12. The molecule has 7 nitrogen and oxygen atoms in total. The smallest absolute Gasteiger partial charge is 0.251 e. The number of amides is 2. The summed E-state index contributed by atoms with van der Waals surface area (Å²) in [4.78, 5) is 24.9. The first kappa shape index (κ1) is 21.2. The Bertz CT molecular complexity index is 949. The van der Waals surface area contributed by atoms with Gasteiger partial charge in [0.25, 0.3) is 5.91 Å². The van der Waals surface area contributed by atoms with Crippen molar-refractivity contribution >= 4 is 24.0 Å². The standard InChI is InChI=1S/C21H29N5O2S/c1-14-8-4-6-10-16(14)20(28)22-12-18-24-26(21(29)25(18)3)13-19(27)23-17-11-7-5-9-15(17)2/h4,6,8,10,15,17H,5,7,9,11-13H2,1-3H3,(H,22,28)(H,23,27)/t15-,17+/m1/s1. The Morgan fingerprint density at radius 1 is 1.24 bits per heavy atom. The van der Waals surface area contributed by atoms with Crippen molar-refractivity contribution in [1.29, 1.82) is 0 Å². The van der Waals surface area contributed by atoms with Crippen LogP contribution in [0.1, 0.15) is 54.4 Å². The van der Waals surface area contributed by atoms with Gasteiger partial charge >= 0.3 is 0 Å². The highest BCUT2D eigenvalue weighted by molar-refractivity contribution is 7.71. The molecule has 156 valence electrons. The largest absolute Gasteiger partial charge is 0.351 e. The fourth-order valence-electron chi connectivity index (χ4n) is 3.79. The predicted octanol–water partition coefficient (Wildman–Crippen LogP) is 2.88. The van der Waals surface area contributed by atoms with E-state index < -0.39 is 0 Å². The van der Waals surface area contributed by atoms with Crippen LogP contribution < -0.4 is 10.6 Å². The van der Waals surface area contributed by atoms with E-state index in [1.54, 1.807) is 17.7 Å². The number of carbonyl (C=O) groups is 2. The van der Waals surface area contributed by atoms with Crippen molar-refractivity contribution in [3.8, 4) is 0 Å². The summed E-state index contributed by atoms with van der Waals surface area (Å²) < 4.78 is 3.70. The zero-order valence-corrected chi connectivity index (χ0v) is 18.1. The maximum absolute atomic E-state index is 12.5. The Morgan fingerprint density at radius 3 is 2.69 bits per heavy atom. The molecule has 0 spiro atoms. The molecule has 1 saturated carbocycles. The molecule has 2 atom stereocenters. The van der Waals surface area contributed by atoms with E-state index in [9.17, 15) is 9.59 Å². The van der Waals surface area contributed by atoms with Gasteiger partial charge in [0.15, 0.2) is 10.6 Å². The molecule has 8 heteroatoms. The zero-order valence-electron chi connectivity index (χ0n) is 17.3. The quantitative estimate of drug-likeness (QED) is 0.711. The minimum absolute atomic E-state index is 0.0755. The van der Waals surface area contributed by atoms with E-state index in [2.05, 4.69) is 22.7 Å². The number of aromatic nitrogens is 3. The second kappa shape index (κ2) is 9.35. The number of nitrogens with zero attached hydrogens (tertiary/aromatic N) is 3. The molecule has 2 amide bonds. The van der Waals surface area contributed by atoms with Gasteiger partial charge in [0.05, 0.1) is 6.54 Å². The topological polar surface area (TPSA) is 80.9 Å². The Labute approximate surface area is 176 Å². The van der Waals surface area contributed by atoms with Gasteiger partial charge in [-0.1, -0.05) is 38.0 Å². The summed E-state index contributed by atoms with van der Waals surface area (Å²) in [5, 5.41) is 10.5. The maximum atomic E-state index is 12.5. The fraction of sp³-hybridized carbons (Fsp3) is 0.524. The summed E-state index contributed by atoms with van der Waals surface area (Å²) in [5.74, 6) is 0.869. The van der Waals surface area contributed by atoms with E-state index in [0.29, 0.717) is 22.1 Å². The summed E-state index contributed by atoms with van der Waals surface area (Å²) in [6, 6.07) is 7.65. The van der Waals surface area contributed by atoms with Crippen LogP contribution in [0, 0.1) is 17.6 Å². The van der Waals surface area contributed by atoms with Crippen LogP contribution in [0.4, 0.5) is 0 Å². The van der Waals surface area contributed by atoms with E-state index in [-0.39, 0.29) is 30.9 Å². The second-order valence-electron chi connectivity index (χ2n) is 7.85. The van der Waals surface area contributed by atoms with E-state index in [4.69, 9.17) is 12.2 Å². The summed E-state index contributed by atoms with van der Waals surface area (Å²) in [6.07, 6.45) is 4.56. The van der Waals surface area contributed by atoms with E-state index in [1.807, 2.05) is 25.1 Å². The van der Waals surface area contributed by atoms with Crippen molar-refractivity contribution in [3.63, 3.8) is 0 Å². The normalized spacial score (nSPS) is 19.0. The number of benzene rings is 1. The molecule has 1 aliphatic rings. The number of rotatable bonds is 6. The monoisotopic (exact) mass is 415 g/mol. The van der Waals surface area contributed by atoms with Crippen molar-refractivity contribution in [3.05, 3.63) is 46.0 Å². The Balaban J connectivity index is 1.62. The molecule has 1 aromatic heterocycles. The van der Waals surface area contributed by atoms with Gasteiger partial charge in [-0.25, -0.2) is 4.68 Å². The maximum Gasteiger partial charge on any atom is 0.251 e. The van der Waals surface area contributed by atoms with Crippen LogP contribution in [0.25, 0.3) is 0 Å². The van der Waals surface area contributed by atoms with Crippen LogP contribution in [-0.4, -0.2) is 32.2 Å². The Kier molecular flexibility index (Phi) is 6.84. The first-order valence-electron chi connectivity index (χ1n) is 10.1. The highest BCUT2D eigenvalue weighted by atomic mass is 32.1. The predicted molar refractivity (Wildman–Crippen MR) is 114 cm³/mol. The van der Waals surface area contributed by atoms with E-state index in [1.165, 1.54) is 11.1 Å². The number of aryl methyl sites for hydroxylation is 1. The molecule has 0 aliphatic heterocycles. The first-order valence-corrected chi connectivity index (χ1v) is 10.5. The Hall–Kier alpha value is -2.48. The zero-order chi connectivity index (χ0) is 21.0. The molecule has 0 bridgehead atoms. The first-order chi connectivity index (χ1) is 13.9. The van der Waals surface area contributed by atoms with Crippen LogP contribution in [0.5, 0.6) is 0 Å². The average Bonchev–Trinajstić information content (AvgIpc) is 2.96. The van der Waals surface area contributed by atoms with E-state index >= 15 is 0 Å². The van der Waals surface area contributed by atoms with Crippen molar-refractivity contribution < 1.29 is 9.59 Å². The molecule has 0 saturated heterocycles. The van der Waals surface area contributed by atoms with Crippen LogP contribution in [0.2, 0.25) is 0 Å². The summed E-state index contributed by atoms with van der Waals surface area (Å²) in [6.45, 7) is 4.41. The van der Waals surface area contributed by atoms with Gasteiger partial charge < -0.3 is 15.2 Å². The molecule has 0 radical (unpaired) electrons. The average molecular weight is 416 g/mol. The van der Waals surface area contributed by atoms with Gasteiger partial charge in [0.1, 0.15) is 6.54 Å². The fourth-order valence-corrected chi connectivity index (χ4v) is 4.00. The van der Waals surface area contributed by atoms with Gasteiger partial charge in [-0.15, -0.1) is 0 Å². The van der Waals surface area contributed by atoms with Gasteiger partial charge in [-0.2, -0.15) is 5.10 Å². The number of hydrogen-bond acceptors (Lipinski definition) is 4.